The first-order valence-corrected chi connectivity index (χ1v) is 4.78. The summed E-state index contributed by atoms with van der Waals surface area (Å²) in [4.78, 5) is 0. The molecule has 13 heavy (non-hydrogen) atoms. The number of rotatable bonds is 0. The molecule has 0 aromatic heterocycles. The van der Waals surface area contributed by atoms with Crippen LogP contribution in [0.3, 0.4) is 0 Å². The van der Waals surface area contributed by atoms with Crippen molar-refractivity contribution in [3.05, 3.63) is 33.1 Å². The van der Waals surface area contributed by atoms with Gasteiger partial charge in [-0.1, -0.05) is 23.2 Å². The van der Waals surface area contributed by atoms with E-state index in [1.807, 2.05) is 0 Å². The van der Waals surface area contributed by atoms with Crippen molar-refractivity contribution in [2.75, 3.05) is 0 Å². The average molecular weight is 220 g/mol. The summed E-state index contributed by atoms with van der Waals surface area (Å²) in [7, 11) is 0. The highest BCUT2D eigenvalue weighted by molar-refractivity contribution is 6.42. The van der Waals surface area contributed by atoms with Crippen LogP contribution in [-0.2, 0) is 6.42 Å². The van der Waals surface area contributed by atoms with Gasteiger partial charge in [-0.3, -0.25) is 0 Å². The van der Waals surface area contributed by atoms with Gasteiger partial charge in [0.2, 0.25) is 0 Å². The maximum Gasteiger partial charge on any atom is 0.143 e. The first kappa shape index (κ1) is 9.25. The van der Waals surface area contributed by atoms with Crippen molar-refractivity contribution in [2.45, 2.75) is 18.9 Å². The van der Waals surface area contributed by atoms with E-state index < -0.39 is 5.82 Å². The molecule has 2 N–H and O–H groups in total. The quantitative estimate of drug-likeness (QED) is 0.668. The fourth-order valence-corrected chi connectivity index (χ4v) is 2.23. The monoisotopic (exact) mass is 219 g/mol. The normalized spacial score (nSPS) is 20.5. The zero-order valence-electron chi connectivity index (χ0n) is 6.78. The van der Waals surface area contributed by atoms with Crippen LogP contribution in [0.5, 0.6) is 0 Å². The standard InChI is InChI=1S/C9H8Cl2FN/c10-8-5(12)3-4-1-2-6(13)7(4)9(8)11/h3,6H,1-2,13H2. The van der Waals surface area contributed by atoms with Gasteiger partial charge in [0.05, 0.1) is 10.0 Å². The molecule has 0 aliphatic heterocycles. The van der Waals surface area contributed by atoms with Gasteiger partial charge in [0.25, 0.3) is 0 Å². The highest BCUT2D eigenvalue weighted by Gasteiger charge is 2.25. The molecule has 4 heteroatoms. The van der Waals surface area contributed by atoms with Crippen LogP contribution in [0.15, 0.2) is 6.07 Å². The summed E-state index contributed by atoms with van der Waals surface area (Å²) < 4.78 is 13.1. The Bertz CT molecular complexity index is 365. The minimum Gasteiger partial charge on any atom is -0.324 e. The van der Waals surface area contributed by atoms with E-state index in [2.05, 4.69) is 0 Å². The summed E-state index contributed by atoms with van der Waals surface area (Å²) in [6.45, 7) is 0. The van der Waals surface area contributed by atoms with E-state index in [1.54, 1.807) is 0 Å². The molecule has 1 atom stereocenters. The molecule has 2 rings (SSSR count). The van der Waals surface area contributed by atoms with Crippen LogP contribution in [0.25, 0.3) is 0 Å². The van der Waals surface area contributed by atoms with E-state index in [9.17, 15) is 4.39 Å². The minimum absolute atomic E-state index is 0.0160. The maximum atomic E-state index is 13.1. The average Bonchev–Trinajstić information content (AvgIpc) is 2.43. The van der Waals surface area contributed by atoms with E-state index in [1.165, 1.54) is 6.07 Å². The molecule has 0 radical (unpaired) electrons. The summed E-state index contributed by atoms with van der Waals surface area (Å²) in [6.07, 6.45) is 1.60. The Balaban J connectivity index is 2.68. The molecular weight excluding hydrogens is 212 g/mol. The van der Waals surface area contributed by atoms with Crippen molar-refractivity contribution in [3.8, 4) is 0 Å². The lowest BCUT2D eigenvalue weighted by Crippen LogP contribution is -2.06. The van der Waals surface area contributed by atoms with Crippen molar-refractivity contribution in [1.29, 1.82) is 0 Å². The van der Waals surface area contributed by atoms with Gasteiger partial charge in [-0.2, -0.15) is 0 Å². The highest BCUT2D eigenvalue weighted by atomic mass is 35.5. The first-order chi connectivity index (χ1) is 6.11. The van der Waals surface area contributed by atoms with E-state index in [-0.39, 0.29) is 16.1 Å². The summed E-state index contributed by atoms with van der Waals surface area (Å²) in [5, 5.41) is 0.263. The number of fused-ring (bicyclic) bond motifs is 1. The van der Waals surface area contributed by atoms with Gasteiger partial charge in [-0.15, -0.1) is 0 Å². The molecule has 0 saturated heterocycles. The van der Waals surface area contributed by atoms with Gasteiger partial charge in [-0.05, 0) is 30.0 Å². The Hall–Kier alpha value is -0.310. The van der Waals surface area contributed by atoms with Crippen molar-refractivity contribution < 1.29 is 4.39 Å². The lowest BCUT2D eigenvalue weighted by molar-refractivity contribution is 0.626. The highest BCUT2D eigenvalue weighted by Crippen LogP contribution is 2.40. The summed E-state index contributed by atoms with van der Waals surface area (Å²) in [5.41, 5.74) is 7.50. The SMILES string of the molecule is NC1CCc2cc(F)c(Cl)c(Cl)c21. The Kier molecular flexibility index (Phi) is 2.22. The maximum absolute atomic E-state index is 13.1. The molecule has 0 bridgehead atoms. The Morgan fingerprint density at radius 3 is 2.77 bits per heavy atom. The van der Waals surface area contributed by atoms with Crippen LogP contribution in [0.1, 0.15) is 23.6 Å². The molecule has 70 valence electrons. The zero-order chi connectivity index (χ0) is 9.59. The van der Waals surface area contributed by atoms with Crippen LogP contribution in [0, 0.1) is 5.82 Å². The number of halogens is 3. The fraction of sp³-hybridized carbons (Fsp3) is 0.333. The second-order valence-electron chi connectivity index (χ2n) is 3.20. The predicted molar refractivity (Wildman–Crippen MR) is 51.7 cm³/mol. The third kappa shape index (κ3) is 1.33. The number of nitrogens with two attached hydrogens (primary N) is 1. The van der Waals surface area contributed by atoms with Crippen molar-refractivity contribution in [1.82, 2.24) is 0 Å². The Morgan fingerprint density at radius 2 is 2.08 bits per heavy atom. The number of hydrogen-bond acceptors (Lipinski definition) is 1. The van der Waals surface area contributed by atoms with Crippen molar-refractivity contribution in [2.24, 2.45) is 5.73 Å². The van der Waals surface area contributed by atoms with Gasteiger partial charge >= 0.3 is 0 Å². The number of hydrogen-bond donors (Lipinski definition) is 1. The van der Waals surface area contributed by atoms with Gasteiger partial charge in [0.1, 0.15) is 5.82 Å². The Morgan fingerprint density at radius 1 is 1.38 bits per heavy atom. The molecule has 1 nitrogen and oxygen atoms in total. The van der Waals surface area contributed by atoms with Crippen LogP contribution < -0.4 is 5.73 Å². The molecule has 0 saturated carbocycles. The number of benzene rings is 1. The van der Waals surface area contributed by atoms with E-state index in [4.69, 9.17) is 28.9 Å². The molecule has 0 spiro atoms. The summed E-state index contributed by atoms with van der Waals surface area (Å²) >= 11 is 11.6. The van der Waals surface area contributed by atoms with E-state index in [0.717, 1.165) is 24.0 Å². The van der Waals surface area contributed by atoms with Gasteiger partial charge in [0, 0.05) is 6.04 Å². The third-order valence-corrected chi connectivity index (χ3v) is 3.24. The fourth-order valence-electron chi connectivity index (χ4n) is 1.72. The lowest BCUT2D eigenvalue weighted by atomic mass is 10.1. The smallest absolute Gasteiger partial charge is 0.143 e. The third-order valence-electron chi connectivity index (χ3n) is 2.38. The van der Waals surface area contributed by atoms with Crippen LogP contribution >= 0.6 is 23.2 Å². The predicted octanol–water partition coefficient (Wildman–Crippen LogP) is 3.08. The van der Waals surface area contributed by atoms with Gasteiger partial charge in [-0.25, -0.2) is 4.39 Å². The zero-order valence-corrected chi connectivity index (χ0v) is 8.29. The molecule has 1 unspecified atom stereocenters. The minimum atomic E-state index is -0.459. The molecule has 0 amide bonds. The molecule has 0 heterocycles. The summed E-state index contributed by atoms with van der Waals surface area (Å²) in [5.74, 6) is -0.459. The van der Waals surface area contributed by atoms with Gasteiger partial charge < -0.3 is 5.73 Å². The lowest BCUT2D eigenvalue weighted by Gasteiger charge is -2.09. The van der Waals surface area contributed by atoms with Gasteiger partial charge in [0.15, 0.2) is 0 Å². The van der Waals surface area contributed by atoms with E-state index in [0.29, 0.717) is 0 Å². The van der Waals surface area contributed by atoms with Crippen molar-refractivity contribution >= 4 is 23.2 Å². The first-order valence-electron chi connectivity index (χ1n) is 4.03. The molecular formula is C9H8Cl2FN. The largest absolute Gasteiger partial charge is 0.324 e. The topological polar surface area (TPSA) is 26.0 Å². The van der Waals surface area contributed by atoms with Crippen molar-refractivity contribution in [3.63, 3.8) is 0 Å². The molecule has 1 aliphatic rings. The van der Waals surface area contributed by atoms with Crippen LogP contribution in [-0.4, -0.2) is 0 Å². The molecule has 1 aromatic carbocycles. The number of aryl methyl sites for hydroxylation is 1. The van der Waals surface area contributed by atoms with Crippen LogP contribution in [0.4, 0.5) is 4.39 Å². The second kappa shape index (κ2) is 3.12. The van der Waals surface area contributed by atoms with Crippen LogP contribution in [0.2, 0.25) is 10.0 Å². The summed E-state index contributed by atoms with van der Waals surface area (Å²) in [6, 6.07) is 1.33. The molecule has 1 aliphatic carbocycles. The molecule has 1 aromatic rings. The molecule has 0 fully saturated rings. The second-order valence-corrected chi connectivity index (χ2v) is 3.96. The Labute approximate surface area is 85.6 Å². The van der Waals surface area contributed by atoms with E-state index >= 15 is 0 Å².